The van der Waals surface area contributed by atoms with E-state index in [4.69, 9.17) is 18.9 Å². The van der Waals surface area contributed by atoms with E-state index in [0.29, 0.717) is 13.0 Å². The molecule has 1 rings (SSSR count). The van der Waals surface area contributed by atoms with E-state index in [-0.39, 0.29) is 19.2 Å². The van der Waals surface area contributed by atoms with Gasteiger partial charge < -0.3 is 39.4 Å². The van der Waals surface area contributed by atoms with E-state index in [2.05, 4.69) is 74.6 Å². The lowest BCUT2D eigenvalue weighted by atomic mass is 9.99. The van der Waals surface area contributed by atoms with Gasteiger partial charge >= 0.3 is 5.97 Å². The zero-order valence-corrected chi connectivity index (χ0v) is 46.7. The molecular formula is C63H114O9. The van der Waals surface area contributed by atoms with Crippen molar-refractivity contribution in [2.45, 2.75) is 307 Å². The van der Waals surface area contributed by atoms with Crippen molar-refractivity contribution in [1.82, 2.24) is 0 Å². The van der Waals surface area contributed by atoms with E-state index in [1.165, 1.54) is 173 Å². The number of carbonyl (C=O) groups is 1. The average molecular weight is 1020 g/mol. The highest BCUT2D eigenvalue weighted by Gasteiger charge is 2.44. The Kier molecular flexibility index (Phi) is 50.7. The van der Waals surface area contributed by atoms with Crippen molar-refractivity contribution in [2.24, 2.45) is 0 Å². The van der Waals surface area contributed by atoms with Crippen molar-refractivity contribution in [2.75, 3.05) is 26.4 Å². The Morgan fingerprint density at radius 3 is 1.28 bits per heavy atom. The lowest BCUT2D eigenvalue weighted by molar-refractivity contribution is -0.305. The van der Waals surface area contributed by atoms with Crippen molar-refractivity contribution < 1.29 is 44.2 Å². The first-order chi connectivity index (χ1) is 35.4. The summed E-state index contributed by atoms with van der Waals surface area (Å²) in [5.74, 6) is -0.312. The van der Waals surface area contributed by atoms with Gasteiger partial charge in [-0.15, -0.1) is 0 Å². The number of aliphatic hydroxyl groups excluding tert-OH is 4. The van der Waals surface area contributed by atoms with Gasteiger partial charge in [-0.25, -0.2) is 0 Å². The van der Waals surface area contributed by atoms with E-state index >= 15 is 0 Å². The molecule has 1 aliphatic heterocycles. The van der Waals surface area contributed by atoms with Crippen molar-refractivity contribution >= 4 is 5.97 Å². The Labute approximate surface area is 443 Å². The van der Waals surface area contributed by atoms with Crippen molar-refractivity contribution in [1.29, 1.82) is 0 Å². The molecule has 0 amide bonds. The van der Waals surface area contributed by atoms with E-state index in [1.54, 1.807) is 0 Å². The van der Waals surface area contributed by atoms with Gasteiger partial charge in [-0.1, -0.05) is 267 Å². The first-order valence-corrected chi connectivity index (χ1v) is 30.4. The maximum Gasteiger partial charge on any atom is 0.306 e. The predicted octanol–water partition coefficient (Wildman–Crippen LogP) is 16.2. The lowest BCUT2D eigenvalue weighted by Crippen LogP contribution is -2.59. The molecule has 0 aromatic heterocycles. The molecule has 9 nitrogen and oxygen atoms in total. The van der Waals surface area contributed by atoms with Crippen LogP contribution >= 0.6 is 0 Å². The molecule has 6 atom stereocenters. The van der Waals surface area contributed by atoms with Crippen LogP contribution in [-0.4, -0.2) is 89.6 Å². The highest BCUT2D eigenvalue weighted by atomic mass is 16.7. The molecular weight excluding hydrogens is 901 g/mol. The van der Waals surface area contributed by atoms with Crippen LogP contribution in [0.3, 0.4) is 0 Å². The molecule has 0 saturated carbocycles. The minimum Gasteiger partial charge on any atom is -0.457 e. The molecule has 72 heavy (non-hydrogen) atoms. The van der Waals surface area contributed by atoms with Gasteiger partial charge in [0.15, 0.2) is 6.29 Å². The summed E-state index contributed by atoms with van der Waals surface area (Å²) in [5, 5.41) is 40.4. The van der Waals surface area contributed by atoms with E-state index in [9.17, 15) is 25.2 Å². The summed E-state index contributed by atoms with van der Waals surface area (Å²) < 4.78 is 23.0. The third-order valence-corrected chi connectivity index (χ3v) is 13.9. The molecule has 0 aromatic rings. The third kappa shape index (κ3) is 43.2. The van der Waals surface area contributed by atoms with Gasteiger partial charge in [0.25, 0.3) is 0 Å². The predicted molar refractivity (Wildman–Crippen MR) is 302 cm³/mol. The number of carbonyl (C=O) groups excluding carboxylic acids is 1. The molecule has 4 N–H and O–H groups in total. The van der Waals surface area contributed by atoms with Crippen LogP contribution in [0, 0.1) is 0 Å². The Morgan fingerprint density at radius 1 is 0.458 bits per heavy atom. The Balaban J connectivity index is 2.14. The van der Waals surface area contributed by atoms with Gasteiger partial charge in [-0.05, 0) is 57.8 Å². The van der Waals surface area contributed by atoms with Crippen LogP contribution in [0.15, 0.2) is 60.8 Å². The van der Waals surface area contributed by atoms with Gasteiger partial charge in [0.2, 0.25) is 0 Å². The molecule has 1 saturated heterocycles. The Bertz CT molecular complexity index is 1290. The zero-order valence-electron chi connectivity index (χ0n) is 46.7. The van der Waals surface area contributed by atoms with Crippen LogP contribution in [-0.2, 0) is 23.7 Å². The molecule has 1 aliphatic rings. The normalized spacial score (nSPS) is 19.1. The van der Waals surface area contributed by atoms with E-state index in [0.717, 1.165) is 77.0 Å². The molecule has 0 radical (unpaired) electrons. The number of hydrogen-bond donors (Lipinski definition) is 4. The lowest BCUT2D eigenvalue weighted by Gasteiger charge is -2.39. The van der Waals surface area contributed by atoms with Crippen molar-refractivity contribution in [3.05, 3.63) is 60.8 Å². The fourth-order valence-electron chi connectivity index (χ4n) is 9.29. The molecule has 0 aliphatic carbocycles. The van der Waals surface area contributed by atoms with Crippen molar-refractivity contribution in [3.63, 3.8) is 0 Å². The second-order valence-corrected chi connectivity index (χ2v) is 20.8. The summed E-state index contributed by atoms with van der Waals surface area (Å²) >= 11 is 0. The fraction of sp³-hybridized carbons (Fsp3) is 0.825. The van der Waals surface area contributed by atoms with Crippen LogP contribution in [0.5, 0.6) is 0 Å². The summed E-state index contributed by atoms with van der Waals surface area (Å²) in [6, 6.07) is 0. The summed E-state index contributed by atoms with van der Waals surface area (Å²) in [4.78, 5) is 12.9. The minimum absolute atomic E-state index is 0.116. The minimum atomic E-state index is -1.54. The standard InChI is InChI=1S/C63H114O9/c1-3-5-7-9-11-13-15-17-19-21-23-25-27-29-30-32-34-36-38-40-42-44-46-48-50-52-59(65)71-57(56-70-63-62(68)61(67)60(66)58(54-64)72-63)55-69-53-51-49-47-45-43-41-39-37-35-33-31-28-26-24-22-20-18-16-14-12-10-8-6-4-2/h6,8,12,14,18,20,24,26,31,33,57-58,60-64,66-68H,3-5,7,9-11,13,15-17,19,21-23,25,27-30,32,34-56H2,1-2H3/b8-6-,14-12-,20-18-,26-24-,33-31-. The Morgan fingerprint density at radius 2 is 0.847 bits per heavy atom. The molecule has 1 heterocycles. The SMILES string of the molecule is CC/C=C\C/C=C\C/C=C\C/C=C\C/C=C\CCCCCCCCCCOCC(COC1OC(CO)C(O)C(O)C1O)OC(=O)CCCCCCCCCCCCCCCCCCCCCCCCCCC. The first kappa shape index (κ1) is 67.9. The quantitative estimate of drug-likeness (QED) is 0.0267. The molecule has 0 aromatic carbocycles. The van der Waals surface area contributed by atoms with Gasteiger partial charge in [-0.2, -0.15) is 0 Å². The molecule has 1 fully saturated rings. The van der Waals surface area contributed by atoms with Crippen LogP contribution in [0.2, 0.25) is 0 Å². The van der Waals surface area contributed by atoms with Crippen molar-refractivity contribution in [3.8, 4) is 0 Å². The summed E-state index contributed by atoms with van der Waals surface area (Å²) in [6.45, 7) is 4.47. The second kappa shape index (κ2) is 53.7. The third-order valence-electron chi connectivity index (χ3n) is 13.9. The number of hydrogen-bond acceptors (Lipinski definition) is 9. The molecule has 9 heteroatoms. The van der Waals surface area contributed by atoms with Gasteiger partial charge in [0.1, 0.15) is 30.5 Å². The van der Waals surface area contributed by atoms with E-state index < -0.39 is 43.4 Å². The molecule has 0 spiro atoms. The Hall–Kier alpha value is -2.11. The van der Waals surface area contributed by atoms with Crippen LogP contribution in [0.25, 0.3) is 0 Å². The number of esters is 1. The monoisotopic (exact) mass is 1010 g/mol. The topological polar surface area (TPSA) is 135 Å². The number of aliphatic hydroxyl groups is 4. The average Bonchev–Trinajstić information content (AvgIpc) is 3.38. The molecule has 420 valence electrons. The first-order valence-electron chi connectivity index (χ1n) is 30.4. The maximum atomic E-state index is 12.9. The number of ether oxygens (including phenoxy) is 4. The largest absolute Gasteiger partial charge is 0.457 e. The zero-order chi connectivity index (χ0) is 52.1. The number of allylic oxidation sites excluding steroid dienone is 10. The fourth-order valence-corrected chi connectivity index (χ4v) is 9.29. The van der Waals surface area contributed by atoms with E-state index in [1.807, 2.05) is 0 Å². The van der Waals surface area contributed by atoms with Gasteiger partial charge in [0.05, 0.1) is 19.8 Å². The van der Waals surface area contributed by atoms with Crippen LogP contribution in [0.1, 0.15) is 271 Å². The van der Waals surface area contributed by atoms with Gasteiger partial charge in [-0.3, -0.25) is 4.79 Å². The van der Waals surface area contributed by atoms with Gasteiger partial charge in [0, 0.05) is 13.0 Å². The maximum absolute atomic E-state index is 12.9. The second-order valence-electron chi connectivity index (χ2n) is 20.8. The summed E-state index contributed by atoms with van der Waals surface area (Å²) in [7, 11) is 0. The smallest absolute Gasteiger partial charge is 0.306 e. The molecule has 0 bridgehead atoms. The number of rotatable bonds is 53. The molecule has 6 unspecified atom stereocenters. The highest BCUT2D eigenvalue weighted by Crippen LogP contribution is 2.23. The van der Waals surface area contributed by atoms with Crippen LogP contribution in [0.4, 0.5) is 0 Å². The number of unbranched alkanes of at least 4 members (excludes halogenated alkanes) is 32. The van der Waals surface area contributed by atoms with Crippen LogP contribution < -0.4 is 0 Å². The highest BCUT2D eigenvalue weighted by molar-refractivity contribution is 5.69. The summed E-state index contributed by atoms with van der Waals surface area (Å²) in [5.41, 5.74) is 0. The summed E-state index contributed by atoms with van der Waals surface area (Å²) in [6.07, 6.45) is 64.2.